The maximum atomic E-state index is 12.5. The summed E-state index contributed by atoms with van der Waals surface area (Å²) in [5.41, 5.74) is 6.13. The van der Waals surface area contributed by atoms with Gasteiger partial charge in [-0.2, -0.15) is 0 Å². The zero-order valence-corrected chi connectivity index (χ0v) is 8.61. The van der Waals surface area contributed by atoms with E-state index in [-0.39, 0.29) is 17.8 Å². The number of alkyl halides is 2. The summed E-state index contributed by atoms with van der Waals surface area (Å²) >= 11 is 3.10. The molecule has 0 amide bonds. The molecule has 0 radical (unpaired) electrons. The molecule has 1 heterocycles. The van der Waals surface area contributed by atoms with Crippen LogP contribution in [0.15, 0.2) is 10.7 Å². The Morgan fingerprint density at radius 2 is 2.23 bits per heavy atom. The molecule has 0 aliphatic heterocycles. The lowest BCUT2D eigenvalue weighted by atomic mass is 10.1. The molecule has 0 bridgehead atoms. The average molecular weight is 251 g/mol. The maximum Gasteiger partial charge on any atom is 0.266 e. The highest BCUT2D eigenvalue weighted by Gasteiger charge is 2.18. The number of aryl methyl sites for hydroxylation is 1. The first-order valence-electron chi connectivity index (χ1n) is 3.70. The number of pyridine rings is 1. The van der Waals surface area contributed by atoms with Gasteiger partial charge in [0.25, 0.3) is 6.43 Å². The Balaban J connectivity index is 3.32. The second kappa shape index (κ2) is 4.11. The summed E-state index contributed by atoms with van der Waals surface area (Å²) in [4.78, 5) is 3.84. The zero-order valence-electron chi connectivity index (χ0n) is 7.02. The van der Waals surface area contributed by atoms with Crippen LogP contribution in [0, 0.1) is 6.92 Å². The molecule has 0 aliphatic rings. The monoisotopic (exact) mass is 250 g/mol. The number of nitrogens with zero attached hydrogens (tertiary/aromatic N) is 1. The highest BCUT2D eigenvalue weighted by atomic mass is 79.9. The van der Waals surface area contributed by atoms with Crippen molar-refractivity contribution in [3.05, 3.63) is 27.5 Å². The van der Waals surface area contributed by atoms with Crippen LogP contribution in [0.25, 0.3) is 0 Å². The molecular formula is C8H9BrF2N2. The Labute approximate surface area is 83.3 Å². The van der Waals surface area contributed by atoms with Gasteiger partial charge >= 0.3 is 0 Å². The van der Waals surface area contributed by atoms with Crippen molar-refractivity contribution in [3.8, 4) is 0 Å². The van der Waals surface area contributed by atoms with Crippen molar-refractivity contribution in [1.82, 2.24) is 4.98 Å². The Hall–Kier alpha value is -0.550. The number of nitrogens with two attached hydrogens (primary N) is 1. The molecule has 0 saturated carbocycles. The molecule has 1 aromatic rings. The molecule has 1 rings (SSSR count). The minimum absolute atomic E-state index is 0.0263. The first kappa shape index (κ1) is 10.5. The summed E-state index contributed by atoms with van der Waals surface area (Å²) in [6.45, 7) is 1.74. The van der Waals surface area contributed by atoms with Gasteiger partial charge in [-0.25, -0.2) is 8.78 Å². The molecule has 0 spiro atoms. The molecule has 0 atom stereocenters. The van der Waals surface area contributed by atoms with E-state index in [2.05, 4.69) is 20.9 Å². The van der Waals surface area contributed by atoms with Crippen molar-refractivity contribution in [2.45, 2.75) is 19.9 Å². The Kier molecular flexibility index (Phi) is 3.33. The maximum absolute atomic E-state index is 12.5. The summed E-state index contributed by atoms with van der Waals surface area (Å²) in [6, 6.07) is 0. The van der Waals surface area contributed by atoms with Gasteiger partial charge < -0.3 is 5.73 Å². The number of hydrogen-bond acceptors (Lipinski definition) is 2. The lowest BCUT2D eigenvalue weighted by Gasteiger charge is -2.09. The first-order valence-corrected chi connectivity index (χ1v) is 4.49. The van der Waals surface area contributed by atoms with Gasteiger partial charge in [-0.05, 0) is 28.4 Å². The second-order valence-corrected chi connectivity index (χ2v) is 3.41. The van der Waals surface area contributed by atoms with Gasteiger partial charge in [0, 0.05) is 17.2 Å². The molecule has 13 heavy (non-hydrogen) atoms. The summed E-state index contributed by atoms with van der Waals surface area (Å²) < 4.78 is 25.5. The number of rotatable bonds is 2. The van der Waals surface area contributed by atoms with Gasteiger partial charge in [0.1, 0.15) is 0 Å². The molecule has 2 N–H and O–H groups in total. The van der Waals surface area contributed by atoms with Crippen LogP contribution in [-0.2, 0) is 6.54 Å². The SMILES string of the molecule is Cc1cnc(CN)c(C(F)F)c1Br. The van der Waals surface area contributed by atoms with Crippen LogP contribution < -0.4 is 5.73 Å². The smallest absolute Gasteiger partial charge is 0.266 e. The van der Waals surface area contributed by atoms with Gasteiger partial charge in [0.2, 0.25) is 0 Å². The van der Waals surface area contributed by atoms with E-state index >= 15 is 0 Å². The molecule has 0 aromatic carbocycles. The third-order valence-electron chi connectivity index (χ3n) is 1.72. The molecule has 0 saturated heterocycles. The fraction of sp³-hybridized carbons (Fsp3) is 0.375. The number of hydrogen-bond donors (Lipinski definition) is 1. The van der Waals surface area contributed by atoms with Crippen molar-refractivity contribution in [2.24, 2.45) is 5.73 Å². The lowest BCUT2D eigenvalue weighted by molar-refractivity contribution is 0.148. The quantitative estimate of drug-likeness (QED) is 0.877. The van der Waals surface area contributed by atoms with Crippen molar-refractivity contribution in [1.29, 1.82) is 0 Å². The van der Waals surface area contributed by atoms with Crippen LogP contribution in [-0.4, -0.2) is 4.98 Å². The third kappa shape index (κ3) is 2.03. The van der Waals surface area contributed by atoms with Crippen LogP contribution in [0.3, 0.4) is 0 Å². The van der Waals surface area contributed by atoms with Crippen LogP contribution in [0.4, 0.5) is 8.78 Å². The number of aromatic nitrogens is 1. The van der Waals surface area contributed by atoms with Crippen molar-refractivity contribution >= 4 is 15.9 Å². The Bertz CT molecular complexity index is 315. The minimum atomic E-state index is -2.54. The van der Waals surface area contributed by atoms with E-state index in [1.54, 1.807) is 6.92 Å². The Morgan fingerprint density at radius 1 is 1.62 bits per heavy atom. The molecule has 1 aromatic heterocycles. The van der Waals surface area contributed by atoms with Crippen molar-refractivity contribution < 1.29 is 8.78 Å². The third-order valence-corrected chi connectivity index (χ3v) is 2.77. The standard InChI is InChI=1S/C8H9BrF2N2/c1-4-3-13-5(2-12)6(7(4)9)8(10)11/h3,8H,2,12H2,1H3. The van der Waals surface area contributed by atoms with Gasteiger partial charge in [-0.15, -0.1) is 0 Å². The van der Waals surface area contributed by atoms with E-state index in [1.165, 1.54) is 6.20 Å². The van der Waals surface area contributed by atoms with Crippen molar-refractivity contribution in [3.63, 3.8) is 0 Å². The predicted octanol–water partition coefficient (Wildman–Crippen LogP) is 2.55. The van der Waals surface area contributed by atoms with Crippen LogP contribution in [0.2, 0.25) is 0 Å². The summed E-state index contributed by atoms with van der Waals surface area (Å²) in [5.74, 6) is 0. The van der Waals surface area contributed by atoms with E-state index < -0.39 is 6.43 Å². The van der Waals surface area contributed by atoms with E-state index in [1.807, 2.05) is 0 Å². The van der Waals surface area contributed by atoms with E-state index in [9.17, 15) is 8.78 Å². The molecule has 2 nitrogen and oxygen atoms in total. The van der Waals surface area contributed by atoms with Gasteiger partial charge in [0.15, 0.2) is 0 Å². The Morgan fingerprint density at radius 3 is 2.69 bits per heavy atom. The van der Waals surface area contributed by atoms with Crippen LogP contribution in [0.5, 0.6) is 0 Å². The topological polar surface area (TPSA) is 38.9 Å². The van der Waals surface area contributed by atoms with Gasteiger partial charge in [-0.1, -0.05) is 0 Å². The average Bonchev–Trinajstić information content (AvgIpc) is 2.08. The van der Waals surface area contributed by atoms with Gasteiger partial charge in [-0.3, -0.25) is 4.98 Å². The van der Waals surface area contributed by atoms with Crippen molar-refractivity contribution in [2.75, 3.05) is 0 Å². The normalized spacial score (nSPS) is 10.9. The summed E-state index contributed by atoms with van der Waals surface area (Å²) in [6.07, 6.45) is -1.02. The molecule has 0 fully saturated rings. The summed E-state index contributed by atoms with van der Waals surface area (Å²) in [5, 5.41) is 0. The van der Waals surface area contributed by atoms with Crippen LogP contribution >= 0.6 is 15.9 Å². The zero-order chi connectivity index (χ0) is 10.0. The van der Waals surface area contributed by atoms with E-state index in [4.69, 9.17) is 5.73 Å². The van der Waals surface area contributed by atoms with E-state index in [0.29, 0.717) is 10.0 Å². The van der Waals surface area contributed by atoms with E-state index in [0.717, 1.165) is 0 Å². The molecule has 72 valence electrons. The predicted molar refractivity (Wildman–Crippen MR) is 49.5 cm³/mol. The minimum Gasteiger partial charge on any atom is -0.325 e. The lowest BCUT2D eigenvalue weighted by Crippen LogP contribution is -2.06. The summed E-state index contributed by atoms with van der Waals surface area (Å²) in [7, 11) is 0. The second-order valence-electron chi connectivity index (χ2n) is 2.62. The fourth-order valence-corrected chi connectivity index (χ4v) is 1.53. The highest BCUT2D eigenvalue weighted by molar-refractivity contribution is 9.10. The molecular weight excluding hydrogens is 242 g/mol. The molecule has 0 aliphatic carbocycles. The number of halogens is 3. The first-order chi connectivity index (χ1) is 6.07. The van der Waals surface area contributed by atoms with Gasteiger partial charge in [0.05, 0.1) is 11.3 Å². The fourth-order valence-electron chi connectivity index (χ4n) is 1.02. The molecule has 0 unspecified atom stereocenters. The molecule has 5 heteroatoms. The van der Waals surface area contributed by atoms with Crippen LogP contribution in [0.1, 0.15) is 23.2 Å². The highest BCUT2D eigenvalue weighted by Crippen LogP contribution is 2.31. The largest absolute Gasteiger partial charge is 0.325 e.